The van der Waals surface area contributed by atoms with Gasteiger partial charge in [0.15, 0.2) is 0 Å². The molecule has 0 heterocycles. The Labute approximate surface area is 99.3 Å². The maximum Gasteiger partial charge on any atom is -1.00 e. The van der Waals surface area contributed by atoms with Gasteiger partial charge in [-0.15, -0.1) is 0 Å². The maximum atomic E-state index is 9.46. The van der Waals surface area contributed by atoms with E-state index in [0.717, 1.165) is 0 Å². The normalized spacial score (nSPS) is 4.44. The van der Waals surface area contributed by atoms with Gasteiger partial charge >= 0.3 is 52.7 Å². The number of rotatable bonds is 4. The van der Waals surface area contributed by atoms with E-state index in [-0.39, 0.29) is 48.0 Å². The number of nitrogens with one attached hydrogen (secondary N) is 2. The molecule has 2 N–H and O–H groups in total. The molecule has 0 bridgehead atoms. The zero-order valence-corrected chi connectivity index (χ0v) is 11.0. The van der Waals surface area contributed by atoms with Crippen molar-refractivity contribution in [1.82, 2.24) is 6.52 Å². The molecule has 0 radical (unpaired) electrons. The first kappa shape index (κ1) is 16.7. The SMILES string of the molecule is O=C[NH][Zr+2][NH]C=O.[I-].[I-]. The average molecular weight is 433 g/mol. The molecule has 0 saturated carbocycles. The molecule has 0 rings (SSSR count). The van der Waals surface area contributed by atoms with E-state index in [1.165, 1.54) is 0 Å². The third-order valence-corrected chi connectivity index (χ3v) is 1.55. The van der Waals surface area contributed by atoms with Gasteiger partial charge in [0.2, 0.25) is 0 Å². The summed E-state index contributed by atoms with van der Waals surface area (Å²) in [6, 6.07) is 0. The molecule has 0 fully saturated rings. The molecule has 52 valence electrons. The molecule has 0 aromatic rings. The molecule has 0 atom stereocenters. The Kier molecular flexibility index (Phi) is 29.9. The first-order valence-corrected chi connectivity index (χ1v) is 4.01. The topological polar surface area (TPSA) is 58.2 Å². The van der Waals surface area contributed by atoms with Gasteiger partial charge in [0.05, 0.1) is 0 Å². The average Bonchev–Trinajstić information content (AvgIpc) is 1.69. The van der Waals surface area contributed by atoms with Crippen LogP contribution in [0.3, 0.4) is 0 Å². The summed E-state index contributed by atoms with van der Waals surface area (Å²) in [6.07, 6.45) is 1.17. The van der Waals surface area contributed by atoms with Gasteiger partial charge in [-0.2, -0.15) is 0 Å². The van der Waals surface area contributed by atoms with E-state index < -0.39 is 23.8 Å². The van der Waals surface area contributed by atoms with Crippen molar-refractivity contribution in [2.24, 2.45) is 0 Å². The molecular formula is C2H4I2N2O2Zr. The Balaban J connectivity index is -0.000000180. The van der Waals surface area contributed by atoms with Gasteiger partial charge in [0.1, 0.15) is 0 Å². The molecule has 0 aliphatic heterocycles. The zero-order chi connectivity index (χ0) is 5.54. The molecule has 2 amide bonds. The predicted molar refractivity (Wildman–Crippen MR) is 18.4 cm³/mol. The van der Waals surface area contributed by atoms with Crippen LogP contribution in [-0.4, -0.2) is 12.8 Å². The molecule has 0 saturated heterocycles. The first-order valence-electron chi connectivity index (χ1n) is 1.55. The Morgan fingerprint density at radius 1 is 1.00 bits per heavy atom. The summed E-state index contributed by atoms with van der Waals surface area (Å²) in [6.45, 7) is 0. The van der Waals surface area contributed by atoms with Gasteiger partial charge in [-0.1, -0.05) is 0 Å². The monoisotopic (exact) mass is 432 g/mol. The molecular weight excluding hydrogens is 429 g/mol. The van der Waals surface area contributed by atoms with Gasteiger partial charge in [0.25, 0.3) is 0 Å². The van der Waals surface area contributed by atoms with Crippen LogP contribution in [0, 0.1) is 0 Å². The van der Waals surface area contributed by atoms with Crippen LogP contribution in [0.1, 0.15) is 0 Å². The second kappa shape index (κ2) is 16.1. The van der Waals surface area contributed by atoms with Crippen LogP contribution in [0.2, 0.25) is 0 Å². The molecule has 0 aliphatic rings. The second-order valence-corrected chi connectivity index (χ2v) is 2.68. The predicted octanol–water partition coefficient (Wildman–Crippen LogP) is -7.60. The van der Waals surface area contributed by atoms with Gasteiger partial charge in [-0.05, 0) is 0 Å². The van der Waals surface area contributed by atoms with Crippen molar-refractivity contribution in [3.05, 3.63) is 0 Å². The van der Waals surface area contributed by atoms with Crippen molar-refractivity contribution in [3.63, 3.8) is 0 Å². The van der Waals surface area contributed by atoms with Gasteiger partial charge in [0, 0.05) is 0 Å². The Bertz CT molecular complexity index is 65.6. The molecule has 0 spiro atoms. The van der Waals surface area contributed by atoms with Crippen LogP contribution in [0.15, 0.2) is 0 Å². The van der Waals surface area contributed by atoms with Crippen LogP contribution in [0.5, 0.6) is 0 Å². The van der Waals surface area contributed by atoms with Gasteiger partial charge in [-0.3, -0.25) is 0 Å². The molecule has 0 aromatic carbocycles. The summed E-state index contributed by atoms with van der Waals surface area (Å²) < 4.78 is 4.79. The number of carbonyl (C=O) groups excluding carboxylic acids is 2. The Morgan fingerprint density at radius 2 is 1.33 bits per heavy atom. The quantitative estimate of drug-likeness (QED) is 0.263. The second-order valence-electron chi connectivity index (χ2n) is 0.649. The smallest absolute Gasteiger partial charge is 1.00 e. The van der Waals surface area contributed by atoms with E-state index in [9.17, 15) is 9.59 Å². The van der Waals surface area contributed by atoms with E-state index in [0.29, 0.717) is 12.8 Å². The minimum atomic E-state index is -1.05. The first-order chi connectivity index (χ1) is 3.41. The van der Waals surface area contributed by atoms with Crippen molar-refractivity contribution in [2.75, 3.05) is 0 Å². The van der Waals surface area contributed by atoms with Crippen LogP contribution in [0.25, 0.3) is 0 Å². The third kappa shape index (κ3) is 17.6. The number of carbonyl (C=O) groups is 2. The summed E-state index contributed by atoms with van der Waals surface area (Å²) in [4.78, 5) is 18.9. The molecule has 0 aromatic heterocycles. The summed E-state index contributed by atoms with van der Waals surface area (Å²) in [5, 5.41) is 0. The largest absolute Gasteiger partial charge is 1.00 e. The summed E-state index contributed by atoms with van der Waals surface area (Å²) >= 11 is -1.05. The number of amides is 2. The van der Waals surface area contributed by atoms with E-state index in [2.05, 4.69) is 6.52 Å². The number of hydrogen-bond donors (Lipinski definition) is 2. The fraction of sp³-hybridized carbons (Fsp3) is 0. The maximum absolute atomic E-state index is 9.46. The summed E-state index contributed by atoms with van der Waals surface area (Å²) in [5.41, 5.74) is 0. The van der Waals surface area contributed by atoms with Crippen LogP contribution >= 0.6 is 0 Å². The van der Waals surface area contributed by atoms with Crippen molar-refractivity contribution in [1.29, 1.82) is 0 Å². The molecule has 0 unspecified atom stereocenters. The fourth-order valence-electron chi connectivity index (χ4n) is 0.101. The zero-order valence-electron chi connectivity index (χ0n) is 4.23. The standard InChI is InChI=1S/2CH3NO.2HI.Zr/c2*2-1-3;;;/h2*1H,(H2,2,3);2*1H;/q;;;;+4/p-4. The summed E-state index contributed by atoms with van der Waals surface area (Å²) in [7, 11) is 0. The minimum Gasteiger partial charge on any atom is -1.00 e. The Morgan fingerprint density at radius 3 is 1.56 bits per heavy atom. The number of halogens is 2. The van der Waals surface area contributed by atoms with Gasteiger partial charge < -0.3 is 48.0 Å². The van der Waals surface area contributed by atoms with Crippen molar-refractivity contribution in [3.8, 4) is 0 Å². The van der Waals surface area contributed by atoms with E-state index in [1.807, 2.05) is 0 Å². The van der Waals surface area contributed by atoms with Crippen LogP contribution in [-0.2, 0) is 33.4 Å². The number of hydrogen-bond acceptors (Lipinski definition) is 2. The van der Waals surface area contributed by atoms with Crippen molar-refractivity contribution in [2.45, 2.75) is 0 Å². The van der Waals surface area contributed by atoms with Crippen molar-refractivity contribution < 1.29 is 81.4 Å². The minimum absolute atomic E-state index is 0. The third-order valence-electron chi connectivity index (χ3n) is 0.262. The van der Waals surface area contributed by atoms with Crippen LogP contribution < -0.4 is 54.5 Å². The van der Waals surface area contributed by atoms with E-state index in [1.54, 1.807) is 0 Å². The van der Waals surface area contributed by atoms with Crippen LogP contribution in [0.4, 0.5) is 0 Å². The fourth-order valence-corrected chi connectivity index (χ4v) is 0.595. The van der Waals surface area contributed by atoms with E-state index >= 15 is 0 Å². The van der Waals surface area contributed by atoms with Gasteiger partial charge in [-0.25, -0.2) is 0 Å². The molecule has 0 aliphatic carbocycles. The summed E-state index contributed by atoms with van der Waals surface area (Å²) in [5.74, 6) is 0. The molecule has 4 nitrogen and oxygen atoms in total. The van der Waals surface area contributed by atoms with Crippen molar-refractivity contribution >= 4 is 12.8 Å². The van der Waals surface area contributed by atoms with E-state index in [4.69, 9.17) is 0 Å². The molecule has 7 heteroatoms. The molecule has 9 heavy (non-hydrogen) atoms. The Hall–Kier alpha value is 1.28.